The summed E-state index contributed by atoms with van der Waals surface area (Å²) in [6.07, 6.45) is 4.88. The monoisotopic (exact) mass is 623 g/mol. The van der Waals surface area contributed by atoms with Gasteiger partial charge in [0, 0.05) is 30.5 Å². The van der Waals surface area contributed by atoms with Crippen molar-refractivity contribution in [1.29, 1.82) is 0 Å². The number of benzene rings is 3. The van der Waals surface area contributed by atoms with Crippen LogP contribution in [0.3, 0.4) is 0 Å². The SMILES string of the molecule is Cl.O=C(CCc1ccccc1)NC(CCN1CCC2(CC1)CCN(Cc1ccc(Br)cc1)C2=O)c1ccccc1. The van der Waals surface area contributed by atoms with E-state index in [1.54, 1.807) is 0 Å². The molecule has 0 aliphatic carbocycles. The molecule has 1 unspecified atom stereocenters. The molecule has 1 atom stereocenters. The summed E-state index contributed by atoms with van der Waals surface area (Å²) in [6, 6.07) is 28.7. The quantitative estimate of drug-likeness (QED) is 0.278. The van der Waals surface area contributed by atoms with E-state index in [1.807, 2.05) is 48.5 Å². The van der Waals surface area contributed by atoms with Gasteiger partial charge in [-0.25, -0.2) is 0 Å². The fourth-order valence-corrected chi connectivity index (χ4v) is 6.28. The molecule has 0 bridgehead atoms. The predicted octanol–water partition coefficient (Wildman–Crippen LogP) is 6.57. The number of aryl methyl sites for hydroxylation is 1. The van der Waals surface area contributed by atoms with E-state index < -0.39 is 0 Å². The second kappa shape index (κ2) is 14.3. The molecular weight excluding hydrogens is 586 g/mol. The van der Waals surface area contributed by atoms with Gasteiger partial charge in [0.25, 0.3) is 0 Å². The predicted molar refractivity (Wildman–Crippen MR) is 166 cm³/mol. The maximum atomic E-state index is 13.4. The molecule has 0 aromatic heterocycles. The van der Waals surface area contributed by atoms with Gasteiger partial charge in [-0.05, 0) is 74.0 Å². The molecule has 2 aliphatic rings. The molecule has 2 aliphatic heterocycles. The smallest absolute Gasteiger partial charge is 0.229 e. The Morgan fingerprint density at radius 1 is 0.850 bits per heavy atom. The molecule has 212 valence electrons. The number of rotatable bonds is 10. The van der Waals surface area contributed by atoms with E-state index in [0.717, 1.165) is 68.3 Å². The maximum Gasteiger partial charge on any atom is 0.229 e. The Hall–Kier alpha value is -2.67. The zero-order valence-corrected chi connectivity index (χ0v) is 25.3. The maximum absolute atomic E-state index is 13.4. The highest BCUT2D eigenvalue weighted by atomic mass is 79.9. The van der Waals surface area contributed by atoms with E-state index in [0.29, 0.717) is 18.9 Å². The molecule has 2 amide bonds. The molecule has 3 aromatic rings. The van der Waals surface area contributed by atoms with Gasteiger partial charge in [0.2, 0.25) is 11.8 Å². The van der Waals surface area contributed by atoms with Crippen LogP contribution in [0.15, 0.2) is 89.4 Å². The van der Waals surface area contributed by atoms with Gasteiger partial charge in [0.1, 0.15) is 0 Å². The second-order valence-corrected chi connectivity index (χ2v) is 11.9. The minimum absolute atomic E-state index is 0. The van der Waals surface area contributed by atoms with E-state index >= 15 is 0 Å². The number of piperidine rings is 1. The zero-order chi connectivity index (χ0) is 27.1. The van der Waals surface area contributed by atoms with E-state index in [4.69, 9.17) is 0 Å². The first-order valence-corrected chi connectivity index (χ1v) is 14.9. The first-order chi connectivity index (χ1) is 19.0. The highest BCUT2D eigenvalue weighted by molar-refractivity contribution is 9.10. The molecule has 3 aromatic carbocycles. The highest BCUT2D eigenvalue weighted by Gasteiger charge is 2.47. The van der Waals surface area contributed by atoms with Gasteiger partial charge in [0.05, 0.1) is 11.5 Å². The number of carbonyl (C=O) groups is 2. The highest BCUT2D eigenvalue weighted by Crippen LogP contribution is 2.42. The Labute approximate surface area is 252 Å². The zero-order valence-electron chi connectivity index (χ0n) is 22.9. The molecule has 1 spiro atoms. The molecule has 7 heteroatoms. The Balaban J connectivity index is 0.00000370. The van der Waals surface area contributed by atoms with Gasteiger partial charge in [-0.1, -0.05) is 88.7 Å². The van der Waals surface area contributed by atoms with Crippen LogP contribution < -0.4 is 5.32 Å². The Morgan fingerprint density at radius 2 is 1.48 bits per heavy atom. The van der Waals surface area contributed by atoms with Crippen LogP contribution >= 0.6 is 28.3 Å². The topological polar surface area (TPSA) is 52.7 Å². The fourth-order valence-electron chi connectivity index (χ4n) is 6.01. The number of nitrogens with zero attached hydrogens (tertiary/aromatic N) is 2. The van der Waals surface area contributed by atoms with Gasteiger partial charge in [0.15, 0.2) is 0 Å². The number of amides is 2. The van der Waals surface area contributed by atoms with Crippen LogP contribution in [0.4, 0.5) is 0 Å². The van der Waals surface area contributed by atoms with Crippen LogP contribution in [0.25, 0.3) is 0 Å². The number of hydrogen-bond acceptors (Lipinski definition) is 3. The van der Waals surface area contributed by atoms with Crippen LogP contribution in [-0.2, 0) is 22.6 Å². The number of likely N-dealkylation sites (tertiary alicyclic amines) is 2. The van der Waals surface area contributed by atoms with Crippen molar-refractivity contribution in [2.45, 2.75) is 51.1 Å². The molecule has 2 saturated heterocycles. The fraction of sp³-hybridized carbons (Fsp3) is 0.394. The summed E-state index contributed by atoms with van der Waals surface area (Å²) >= 11 is 3.49. The minimum atomic E-state index is -0.198. The number of halogens is 2. The van der Waals surface area contributed by atoms with Crippen molar-refractivity contribution in [3.8, 4) is 0 Å². The molecular formula is C33H39BrClN3O2. The lowest BCUT2D eigenvalue weighted by Gasteiger charge is -2.38. The Kier molecular flexibility index (Phi) is 10.8. The second-order valence-electron chi connectivity index (χ2n) is 11.0. The summed E-state index contributed by atoms with van der Waals surface area (Å²) in [4.78, 5) is 30.8. The lowest BCUT2D eigenvalue weighted by Crippen LogP contribution is -2.45. The van der Waals surface area contributed by atoms with E-state index in [1.165, 1.54) is 11.1 Å². The first kappa shape index (κ1) is 30.3. The van der Waals surface area contributed by atoms with Crippen LogP contribution in [0.1, 0.15) is 54.8 Å². The number of carbonyl (C=O) groups excluding carboxylic acids is 2. The van der Waals surface area contributed by atoms with E-state index in [-0.39, 0.29) is 29.8 Å². The van der Waals surface area contributed by atoms with Gasteiger partial charge >= 0.3 is 0 Å². The van der Waals surface area contributed by atoms with Crippen molar-refractivity contribution in [2.75, 3.05) is 26.2 Å². The third kappa shape index (κ3) is 7.74. The van der Waals surface area contributed by atoms with Crippen LogP contribution in [0, 0.1) is 5.41 Å². The minimum Gasteiger partial charge on any atom is -0.349 e. The molecule has 2 heterocycles. The van der Waals surface area contributed by atoms with E-state index in [9.17, 15) is 9.59 Å². The molecule has 2 fully saturated rings. The van der Waals surface area contributed by atoms with Crippen molar-refractivity contribution in [3.05, 3.63) is 106 Å². The number of hydrogen-bond donors (Lipinski definition) is 1. The summed E-state index contributed by atoms with van der Waals surface area (Å²) < 4.78 is 1.06. The average molecular weight is 625 g/mol. The average Bonchev–Trinajstić information content (AvgIpc) is 3.27. The number of nitrogens with one attached hydrogen (secondary N) is 1. The van der Waals surface area contributed by atoms with Crippen molar-refractivity contribution < 1.29 is 9.59 Å². The lowest BCUT2D eigenvalue weighted by atomic mass is 9.77. The standard InChI is InChI=1S/C33H38BrN3O2.ClH/c34-29-14-11-27(12-15-29)25-37-24-20-33(32(37)39)18-22-36(23-19-33)21-17-30(28-9-5-2-6-10-28)35-31(38)16-13-26-7-3-1-4-8-26;/h1-12,14-15,30H,13,16-25H2,(H,35,38);1H. The van der Waals surface area contributed by atoms with Gasteiger partial charge in [-0.2, -0.15) is 0 Å². The molecule has 1 N–H and O–H groups in total. The summed E-state index contributed by atoms with van der Waals surface area (Å²) in [5.41, 5.74) is 3.31. The van der Waals surface area contributed by atoms with Crippen molar-refractivity contribution >= 4 is 40.2 Å². The molecule has 0 saturated carbocycles. The lowest BCUT2D eigenvalue weighted by molar-refractivity contribution is -0.139. The summed E-state index contributed by atoms with van der Waals surface area (Å²) in [7, 11) is 0. The van der Waals surface area contributed by atoms with Crippen LogP contribution in [0.2, 0.25) is 0 Å². The van der Waals surface area contributed by atoms with Crippen LogP contribution in [-0.4, -0.2) is 47.8 Å². The third-order valence-electron chi connectivity index (χ3n) is 8.46. The van der Waals surface area contributed by atoms with Crippen molar-refractivity contribution in [3.63, 3.8) is 0 Å². The summed E-state index contributed by atoms with van der Waals surface area (Å²) in [6.45, 7) is 4.31. The van der Waals surface area contributed by atoms with Gasteiger partial charge in [-0.15, -0.1) is 12.4 Å². The molecule has 0 radical (unpaired) electrons. The van der Waals surface area contributed by atoms with Gasteiger partial charge in [-0.3, -0.25) is 9.59 Å². The van der Waals surface area contributed by atoms with E-state index in [2.05, 4.69) is 67.4 Å². The molecule has 40 heavy (non-hydrogen) atoms. The third-order valence-corrected chi connectivity index (χ3v) is 8.98. The molecule has 5 rings (SSSR count). The summed E-state index contributed by atoms with van der Waals surface area (Å²) in [5.74, 6) is 0.422. The Morgan fingerprint density at radius 3 is 2.15 bits per heavy atom. The molecule has 5 nitrogen and oxygen atoms in total. The summed E-state index contributed by atoms with van der Waals surface area (Å²) in [5, 5.41) is 3.30. The largest absolute Gasteiger partial charge is 0.349 e. The van der Waals surface area contributed by atoms with Crippen LogP contribution in [0.5, 0.6) is 0 Å². The normalized spacial score (nSPS) is 17.4. The van der Waals surface area contributed by atoms with Gasteiger partial charge < -0.3 is 15.1 Å². The first-order valence-electron chi connectivity index (χ1n) is 14.2. The van der Waals surface area contributed by atoms with Crippen molar-refractivity contribution in [2.24, 2.45) is 5.41 Å². The Bertz CT molecular complexity index is 1230. The van der Waals surface area contributed by atoms with Crippen molar-refractivity contribution in [1.82, 2.24) is 15.1 Å².